The minimum absolute atomic E-state index is 0.0882. The van der Waals surface area contributed by atoms with Gasteiger partial charge in [-0.2, -0.15) is 0 Å². The molecule has 2 heterocycles. The van der Waals surface area contributed by atoms with E-state index in [1.54, 1.807) is 18.2 Å². The predicted octanol–water partition coefficient (Wildman–Crippen LogP) is 3.75. The number of carbonyl (C=O) groups excluding carboxylic acids is 3. The Morgan fingerprint density at radius 3 is 2.21 bits per heavy atom. The third-order valence-electron chi connectivity index (χ3n) is 7.44. The highest BCUT2D eigenvalue weighted by Crippen LogP contribution is 2.56. The van der Waals surface area contributed by atoms with Crippen LogP contribution >= 0.6 is 11.6 Å². The number of nitrogens with zero attached hydrogens (tertiary/aromatic N) is 2. The van der Waals surface area contributed by atoms with E-state index < -0.39 is 0 Å². The molecule has 4 aliphatic rings. The van der Waals surface area contributed by atoms with Gasteiger partial charge in [0.25, 0.3) is 5.91 Å². The largest absolute Gasteiger partial charge is 0.339 e. The molecule has 148 valence electrons. The Morgan fingerprint density at radius 1 is 1.00 bits per heavy atom. The van der Waals surface area contributed by atoms with E-state index in [0.717, 1.165) is 45.2 Å². The molecule has 1 aromatic rings. The zero-order chi connectivity index (χ0) is 19.6. The summed E-state index contributed by atoms with van der Waals surface area (Å²) in [6.45, 7) is 3.63. The maximum Gasteiger partial charge on any atom is 0.255 e. The molecule has 2 saturated carbocycles. The summed E-state index contributed by atoms with van der Waals surface area (Å²) in [5.74, 6) is 0.706. The highest BCUT2D eigenvalue weighted by molar-refractivity contribution is 6.34. The predicted molar refractivity (Wildman–Crippen MR) is 106 cm³/mol. The Hall–Kier alpha value is -1.88. The van der Waals surface area contributed by atoms with Crippen molar-refractivity contribution in [2.45, 2.75) is 39.0 Å². The van der Waals surface area contributed by atoms with Gasteiger partial charge in [-0.3, -0.25) is 19.3 Å². The van der Waals surface area contributed by atoms with Crippen LogP contribution in [0.2, 0.25) is 5.02 Å². The lowest BCUT2D eigenvalue weighted by Gasteiger charge is -2.30. The first-order valence-corrected chi connectivity index (χ1v) is 10.8. The highest BCUT2D eigenvalue weighted by Gasteiger charge is 2.61. The van der Waals surface area contributed by atoms with Crippen LogP contribution in [0, 0.1) is 29.6 Å². The average Bonchev–Trinajstić information content (AvgIpc) is 3.37. The van der Waals surface area contributed by atoms with Crippen molar-refractivity contribution in [2.24, 2.45) is 29.6 Å². The lowest BCUT2D eigenvalue weighted by molar-refractivity contribution is -0.123. The fourth-order valence-electron chi connectivity index (χ4n) is 5.86. The third kappa shape index (κ3) is 2.62. The van der Waals surface area contributed by atoms with Crippen molar-refractivity contribution in [2.75, 3.05) is 18.0 Å². The van der Waals surface area contributed by atoms with Crippen LogP contribution in [-0.2, 0) is 9.59 Å². The minimum Gasteiger partial charge on any atom is -0.339 e. The fourth-order valence-corrected chi connectivity index (χ4v) is 6.06. The second-order valence-electron chi connectivity index (χ2n) is 9.04. The van der Waals surface area contributed by atoms with E-state index in [1.165, 1.54) is 4.90 Å². The highest BCUT2D eigenvalue weighted by atomic mass is 35.5. The summed E-state index contributed by atoms with van der Waals surface area (Å²) >= 11 is 6.33. The summed E-state index contributed by atoms with van der Waals surface area (Å²) in [7, 11) is 0. The van der Waals surface area contributed by atoms with Crippen LogP contribution in [0.25, 0.3) is 0 Å². The van der Waals surface area contributed by atoms with Gasteiger partial charge in [0, 0.05) is 13.1 Å². The third-order valence-corrected chi connectivity index (χ3v) is 7.77. The van der Waals surface area contributed by atoms with Crippen molar-refractivity contribution < 1.29 is 14.4 Å². The average molecular weight is 401 g/mol. The Bertz CT molecular complexity index is 833. The Kier molecular flexibility index (Phi) is 4.27. The quantitative estimate of drug-likeness (QED) is 0.710. The number of benzene rings is 1. The Balaban J connectivity index is 1.44. The maximum absolute atomic E-state index is 13.1. The van der Waals surface area contributed by atoms with E-state index >= 15 is 0 Å². The number of likely N-dealkylation sites (tertiary alicyclic amines) is 1. The second kappa shape index (κ2) is 6.58. The fraction of sp³-hybridized carbons (Fsp3) is 0.591. The number of hydrogen-bond acceptors (Lipinski definition) is 3. The van der Waals surface area contributed by atoms with E-state index in [2.05, 4.69) is 6.92 Å². The molecule has 4 fully saturated rings. The van der Waals surface area contributed by atoms with Gasteiger partial charge < -0.3 is 4.90 Å². The Labute approximate surface area is 170 Å². The van der Waals surface area contributed by atoms with Crippen molar-refractivity contribution in [1.29, 1.82) is 0 Å². The van der Waals surface area contributed by atoms with Gasteiger partial charge in [-0.05, 0) is 68.1 Å². The molecule has 4 atom stereocenters. The van der Waals surface area contributed by atoms with Gasteiger partial charge >= 0.3 is 0 Å². The molecule has 5 rings (SSSR count). The number of amides is 3. The van der Waals surface area contributed by atoms with Crippen LogP contribution in [0.5, 0.6) is 0 Å². The van der Waals surface area contributed by atoms with Crippen LogP contribution < -0.4 is 4.90 Å². The molecule has 6 heteroatoms. The van der Waals surface area contributed by atoms with E-state index in [9.17, 15) is 14.4 Å². The molecule has 0 N–H and O–H groups in total. The maximum atomic E-state index is 13.1. The van der Waals surface area contributed by atoms with Gasteiger partial charge in [0.15, 0.2) is 0 Å². The van der Waals surface area contributed by atoms with Gasteiger partial charge in [0.05, 0.1) is 28.1 Å². The SMILES string of the molecule is CC1CCN(C(=O)c2cc(N3C(=O)[C@@H]4[C@H]5CC[C@@H](C5)[C@@H]4C3=O)ccc2Cl)CC1. The molecular formula is C22H25ClN2O3. The molecule has 2 aliphatic carbocycles. The molecule has 1 aromatic carbocycles. The molecule has 5 nitrogen and oxygen atoms in total. The van der Waals surface area contributed by atoms with Gasteiger partial charge in [-0.25, -0.2) is 0 Å². The molecule has 2 saturated heterocycles. The van der Waals surface area contributed by atoms with E-state index in [0.29, 0.717) is 34.0 Å². The smallest absolute Gasteiger partial charge is 0.255 e. The molecule has 0 radical (unpaired) electrons. The number of piperidine rings is 1. The number of rotatable bonds is 2. The Morgan fingerprint density at radius 2 is 1.61 bits per heavy atom. The van der Waals surface area contributed by atoms with Crippen LogP contribution in [0.1, 0.15) is 49.4 Å². The topological polar surface area (TPSA) is 57.7 Å². The number of hydrogen-bond donors (Lipinski definition) is 0. The zero-order valence-electron chi connectivity index (χ0n) is 16.1. The van der Waals surface area contributed by atoms with Crippen LogP contribution in [0.4, 0.5) is 5.69 Å². The lowest BCUT2D eigenvalue weighted by Crippen LogP contribution is -2.38. The molecule has 3 amide bonds. The summed E-state index contributed by atoms with van der Waals surface area (Å²) in [6, 6.07) is 4.97. The second-order valence-corrected chi connectivity index (χ2v) is 9.44. The van der Waals surface area contributed by atoms with Crippen molar-refractivity contribution in [3.05, 3.63) is 28.8 Å². The monoisotopic (exact) mass is 400 g/mol. The van der Waals surface area contributed by atoms with Crippen molar-refractivity contribution in [3.8, 4) is 0 Å². The first kappa shape index (κ1) is 18.2. The summed E-state index contributed by atoms with van der Waals surface area (Å²) in [5.41, 5.74) is 0.872. The number of imide groups is 1. The number of carbonyl (C=O) groups is 3. The summed E-state index contributed by atoms with van der Waals surface area (Å²) in [6.07, 6.45) is 5.09. The molecule has 0 spiro atoms. The van der Waals surface area contributed by atoms with E-state index in [1.807, 2.05) is 4.90 Å². The van der Waals surface area contributed by atoms with Gasteiger partial charge in [0.1, 0.15) is 0 Å². The minimum atomic E-state index is -0.162. The number of halogens is 1. The molecule has 0 unspecified atom stereocenters. The molecule has 0 aromatic heterocycles. The first-order valence-electron chi connectivity index (χ1n) is 10.4. The van der Waals surface area contributed by atoms with Crippen molar-refractivity contribution in [1.82, 2.24) is 4.90 Å². The molecule has 28 heavy (non-hydrogen) atoms. The zero-order valence-corrected chi connectivity index (χ0v) is 16.8. The lowest BCUT2D eigenvalue weighted by atomic mass is 9.81. The van der Waals surface area contributed by atoms with Crippen LogP contribution in [-0.4, -0.2) is 35.7 Å². The van der Waals surface area contributed by atoms with E-state index in [-0.39, 0.29) is 29.6 Å². The van der Waals surface area contributed by atoms with Crippen molar-refractivity contribution in [3.63, 3.8) is 0 Å². The first-order chi connectivity index (χ1) is 13.5. The summed E-state index contributed by atoms with van der Waals surface area (Å²) in [4.78, 5) is 42.3. The van der Waals surface area contributed by atoms with Crippen LogP contribution in [0.3, 0.4) is 0 Å². The normalized spacial score (nSPS) is 32.4. The van der Waals surface area contributed by atoms with Crippen LogP contribution in [0.15, 0.2) is 18.2 Å². The molecule has 2 aliphatic heterocycles. The van der Waals surface area contributed by atoms with Gasteiger partial charge in [0.2, 0.25) is 11.8 Å². The van der Waals surface area contributed by atoms with Gasteiger partial charge in [-0.15, -0.1) is 0 Å². The van der Waals surface area contributed by atoms with Crippen molar-refractivity contribution >= 4 is 35.0 Å². The number of fused-ring (bicyclic) bond motifs is 5. The standard InChI is InChI=1S/C22H25ClN2O3/c1-12-6-8-24(9-7-12)20(26)16-11-15(4-5-17(16)23)25-21(27)18-13-2-3-14(10-13)19(18)22(25)28/h4-5,11-14,18-19H,2-3,6-10H2,1H3/t13-,14-,18-,19+/m0/s1. The number of anilines is 1. The summed E-state index contributed by atoms with van der Waals surface area (Å²) < 4.78 is 0. The van der Waals surface area contributed by atoms with Gasteiger partial charge in [-0.1, -0.05) is 18.5 Å². The summed E-state index contributed by atoms with van der Waals surface area (Å²) in [5, 5.41) is 0.367. The molecular weight excluding hydrogens is 376 g/mol. The van der Waals surface area contributed by atoms with E-state index in [4.69, 9.17) is 11.6 Å². The molecule has 2 bridgehead atoms.